The first-order chi connectivity index (χ1) is 12.0. The summed E-state index contributed by atoms with van der Waals surface area (Å²) in [5, 5.41) is 3.14. The van der Waals surface area contributed by atoms with E-state index in [4.69, 9.17) is 4.74 Å². The van der Waals surface area contributed by atoms with Gasteiger partial charge in [-0.05, 0) is 30.7 Å². The van der Waals surface area contributed by atoms with Gasteiger partial charge in [-0.15, -0.1) is 6.58 Å². The van der Waals surface area contributed by atoms with Gasteiger partial charge in [0.15, 0.2) is 5.17 Å². The Morgan fingerprint density at radius 1 is 1.36 bits per heavy atom. The number of sulfonamides is 1. The molecule has 1 aromatic rings. The van der Waals surface area contributed by atoms with Crippen LogP contribution in [0.25, 0.3) is 0 Å². The minimum absolute atomic E-state index is 0.124. The van der Waals surface area contributed by atoms with Crippen molar-refractivity contribution in [3.63, 3.8) is 0 Å². The second-order valence-corrected chi connectivity index (χ2v) is 7.95. The van der Waals surface area contributed by atoms with Crippen molar-refractivity contribution in [1.82, 2.24) is 4.72 Å². The summed E-state index contributed by atoms with van der Waals surface area (Å²) >= 11 is 1.37. The quantitative estimate of drug-likeness (QED) is 0.502. The van der Waals surface area contributed by atoms with E-state index in [0.29, 0.717) is 43.5 Å². The van der Waals surface area contributed by atoms with Gasteiger partial charge in [0.05, 0.1) is 18.0 Å². The monoisotopic (exact) mass is 383 g/mol. The summed E-state index contributed by atoms with van der Waals surface area (Å²) in [5.41, 5.74) is 0.545. The summed E-state index contributed by atoms with van der Waals surface area (Å²) in [7, 11) is -3.65. The van der Waals surface area contributed by atoms with E-state index in [0.717, 1.165) is 5.75 Å². The number of amides is 1. The van der Waals surface area contributed by atoms with Crippen molar-refractivity contribution < 1.29 is 17.9 Å². The smallest absolute Gasteiger partial charge is 0.263 e. The van der Waals surface area contributed by atoms with E-state index >= 15 is 0 Å². The van der Waals surface area contributed by atoms with E-state index < -0.39 is 10.0 Å². The number of nitrogens with one attached hydrogen (secondary N) is 2. The second-order valence-electron chi connectivity index (χ2n) is 5.18. The van der Waals surface area contributed by atoms with Crippen LogP contribution < -0.4 is 10.0 Å². The number of carbonyl (C=O) groups is 1. The fourth-order valence-corrected chi connectivity index (χ4v) is 4.04. The molecule has 0 atom stereocenters. The average Bonchev–Trinajstić information content (AvgIpc) is 3.07. The van der Waals surface area contributed by atoms with E-state index in [9.17, 15) is 13.2 Å². The lowest BCUT2D eigenvalue weighted by atomic mass is 10.2. The zero-order valence-corrected chi connectivity index (χ0v) is 15.4. The van der Waals surface area contributed by atoms with Crippen LogP contribution in [0, 0.1) is 0 Å². The molecule has 0 saturated heterocycles. The molecule has 1 aliphatic rings. The number of hydrogen-bond acceptors (Lipinski definition) is 6. The van der Waals surface area contributed by atoms with Gasteiger partial charge < -0.3 is 10.1 Å². The third-order valence-corrected chi connectivity index (χ3v) is 5.56. The third-order valence-electron chi connectivity index (χ3n) is 3.18. The Morgan fingerprint density at radius 2 is 2.12 bits per heavy atom. The molecule has 2 rings (SSSR count). The Labute approximate surface area is 152 Å². The maximum absolute atomic E-state index is 12.2. The molecule has 0 spiro atoms. The van der Waals surface area contributed by atoms with Crippen molar-refractivity contribution in [3.8, 4) is 0 Å². The molecule has 0 bridgehead atoms. The second kappa shape index (κ2) is 9.59. The summed E-state index contributed by atoms with van der Waals surface area (Å²) in [6, 6.07) is 6.02. The van der Waals surface area contributed by atoms with E-state index in [2.05, 4.69) is 21.6 Å². The van der Waals surface area contributed by atoms with Crippen LogP contribution in [-0.4, -0.2) is 45.0 Å². The number of rotatable bonds is 9. The van der Waals surface area contributed by atoms with E-state index in [1.165, 1.54) is 23.9 Å². The lowest BCUT2D eigenvalue weighted by molar-refractivity contribution is -0.116. The van der Waals surface area contributed by atoms with Crippen molar-refractivity contribution in [3.05, 3.63) is 36.9 Å². The first-order valence-corrected chi connectivity index (χ1v) is 10.3. The van der Waals surface area contributed by atoms with Crippen LogP contribution in [0.15, 0.2) is 46.8 Å². The van der Waals surface area contributed by atoms with Gasteiger partial charge in [0.25, 0.3) is 10.0 Å². The standard InChI is InChI=1S/C16H21N3O4S2/c1-2-10-23-11-3-4-15(20)18-13-5-7-14(8-6-13)25(21,22)19-16-17-9-12-24-16/h2,5-8H,1,3-4,9-12H2,(H,17,19)(H,18,20). The normalized spacial score (nSPS) is 14.0. The molecule has 0 unspecified atom stereocenters. The van der Waals surface area contributed by atoms with Crippen LogP contribution in [0.1, 0.15) is 12.8 Å². The largest absolute Gasteiger partial charge is 0.377 e. The van der Waals surface area contributed by atoms with Crippen molar-refractivity contribution in [2.75, 3.05) is 30.8 Å². The van der Waals surface area contributed by atoms with Crippen molar-refractivity contribution in [1.29, 1.82) is 0 Å². The molecule has 0 aliphatic carbocycles. The highest BCUT2D eigenvalue weighted by molar-refractivity contribution is 8.15. The summed E-state index contributed by atoms with van der Waals surface area (Å²) in [6.45, 7) is 5.12. The number of nitrogens with zero attached hydrogens (tertiary/aromatic N) is 1. The summed E-state index contributed by atoms with van der Waals surface area (Å²) in [4.78, 5) is 16.0. The molecule has 7 nitrogen and oxygen atoms in total. The number of carbonyl (C=O) groups excluding carboxylic acids is 1. The Hall–Kier alpha value is -1.84. The number of anilines is 1. The molecule has 0 saturated carbocycles. The molecule has 0 radical (unpaired) electrons. The van der Waals surface area contributed by atoms with Crippen LogP contribution in [0.3, 0.4) is 0 Å². The minimum Gasteiger partial charge on any atom is -0.377 e. The highest BCUT2D eigenvalue weighted by Gasteiger charge is 2.18. The first kappa shape index (κ1) is 19.5. The molecule has 2 N–H and O–H groups in total. The van der Waals surface area contributed by atoms with E-state index in [-0.39, 0.29) is 10.8 Å². The molecule has 1 aliphatic heterocycles. The molecule has 0 fully saturated rings. The zero-order valence-electron chi connectivity index (χ0n) is 13.7. The van der Waals surface area contributed by atoms with Crippen LogP contribution in [0.4, 0.5) is 5.69 Å². The first-order valence-electron chi connectivity index (χ1n) is 7.80. The number of ether oxygens (including phenoxy) is 1. The minimum atomic E-state index is -3.65. The highest BCUT2D eigenvalue weighted by Crippen LogP contribution is 2.17. The van der Waals surface area contributed by atoms with Gasteiger partial charge in [0, 0.05) is 24.5 Å². The molecular formula is C16H21N3O4S2. The maximum Gasteiger partial charge on any atom is 0.263 e. The summed E-state index contributed by atoms with van der Waals surface area (Å²) in [6.07, 6.45) is 2.59. The number of amidine groups is 1. The van der Waals surface area contributed by atoms with Crippen molar-refractivity contribution >= 4 is 38.5 Å². The van der Waals surface area contributed by atoms with Gasteiger partial charge in [-0.1, -0.05) is 17.8 Å². The van der Waals surface area contributed by atoms with Crippen LogP contribution in [-0.2, 0) is 19.6 Å². The highest BCUT2D eigenvalue weighted by atomic mass is 32.2. The number of benzene rings is 1. The van der Waals surface area contributed by atoms with Crippen LogP contribution in [0.5, 0.6) is 0 Å². The van der Waals surface area contributed by atoms with Gasteiger partial charge in [0.1, 0.15) is 0 Å². The summed E-state index contributed by atoms with van der Waals surface area (Å²) < 4.78 is 32.1. The van der Waals surface area contributed by atoms with Crippen molar-refractivity contribution in [2.45, 2.75) is 17.7 Å². The Kier molecular flexibility index (Phi) is 7.48. The van der Waals surface area contributed by atoms with Gasteiger partial charge in [-0.2, -0.15) is 0 Å². The van der Waals surface area contributed by atoms with Gasteiger partial charge >= 0.3 is 0 Å². The average molecular weight is 383 g/mol. The van der Waals surface area contributed by atoms with Gasteiger partial charge in [-0.25, -0.2) is 8.42 Å². The van der Waals surface area contributed by atoms with E-state index in [1.54, 1.807) is 18.2 Å². The molecule has 25 heavy (non-hydrogen) atoms. The molecular weight excluding hydrogens is 362 g/mol. The summed E-state index contributed by atoms with van der Waals surface area (Å²) in [5.74, 6) is 0.634. The zero-order chi connectivity index (χ0) is 18.1. The predicted octanol–water partition coefficient (Wildman–Crippen LogP) is 1.99. The fraction of sp³-hybridized carbons (Fsp3) is 0.375. The fourth-order valence-electron chi connectivity index (χ4n) is 2.01. The molecule has 1 amide bonds. The molecule has 9 heteroatoms. The molecule has 1 aromatic carbocycles. The van der Waals surface area contributed by atoms with Crippen LogP contribution in [0.2, 0.25) is 0 Å². The molecule has 136 valence electrons. The van der Waals surface area contributed by atoms with Gasteiger partial charge in [0.2, 0.25) is 5.91 Å². The Bertz CT molecular complexity index is 730. The number of aliphatic imine (C=N–C) groups is 1. The molecule has 0 aromatic heterocycles. The predicted molar refractivity (Wildman–Crippen MR) is 100 cm³/mol. The third kappa shape index (κ3) is 6.52. The number of thioether (sulfide) groups is 1. The van der Waals surface area contributed by atoms with E-state index in [1.807, 2.05) is 0 Å². The topological polar surface area (TPSA) is 96.9 Å². The molecule has 1 heterocycles. The maximum atomic E-state index is 12.2. The number of hydrogen-bond donors (Lipinski definition) is 2. The Balaban J connectivity index is 1.84. The van der Waals surface area contributed by atoms with Crippen molar-refractivity contribution in [2.24, 2.45) is 4.99 Å². The lowest BCUT2D eigenvalue weighted by Crippen LogP contribution is -2.27. The van der Waals surface area contributed by atoms with Gasteiger partial charge in [-0.3, -0.25) is 14.5 Å². The lowest BCUT2D eigenvalue weighted by Gasteiger charge is -2.09. The Morgan fingerprint density at radius 3 is 2.76 bits per heavy atom. The SMILES string of the molecule is C=CCOCCCC(=O)Nc1ccc(S(=O)(=O)NC2=NCCS2)cc1. The van der Waals surface area contributed by atoms with Crippen LogP contribution >= 0.6 is 11.8 Å².